The van der Waals surface area contributed by atoms with E-state index in [-0.39, 0.29) is 36.5 Å². The summed E-state index contributed by atoms with van der Waals surface area (Å²) >= 11 is 0. The molecule has 1 aliphatic heterocycles. The Bertz CT molecular complexity index is 858. The fraction of sp³-hybridized carbons (Fsp3) is 0.300. The average molecular weight is 392 g/mol. The van der Waals surface area contributed by atoms with E-state index in [0.717, 1.165) is 31.0 Å². The van der Waals surface area contributed by atoms with Gasteiger partial charge in [0, 0.05) is 12.1 Å². The molecule has 1 aliphatic rings. The zero-order valence-electron chi connectivity index (χ0n) is 15.0. The second-order valence-corrected chi connectivity index (χ2v) is 6.46. The maximum atomic E-state index is 13.2. The van der Waals surface area contributed by atoms with Crippen molar-refractivity contribution in [2.75, 3.05) is 19.7 Å². The number of ether oxygens (including phenoxy) is 1. The zero-order chi connectivity index (χ0) is 20.1. The molecular weight excluding hydrogens is 373 g/mol. The molecule has 0 aliphatic carbocycles. The number of halogens is 3. The van der Waals surface area contributed by atoms with Crippen LogP contribution in [0.25, 0.3) is 0 Å². The summed E-state index contributed by atoms with van der Waals surface area (Å²) in [4.78, 5) is 26.1. The summed E-state index contributed by atoms with van der Waals surface area (Å²) in [7, 11) is 0. The van der Waals surface area contributed by atoms with E-state index in [9.17, 15) is 22.8 Å². The van der Waals surface area contributed by atoms with Gasteiger partial charge in [-0.05, 0) is 55.3 Å². The molecule has 1 N–H and O–H groups in total. The molecule has 0 radical (unpaired) electrons. The third-order valence-corrected chi connectivity index (χ3v) is 4.54. The van der Waals surface area contributed by atoms with Crippen molar-refractivity contribution in [3.05, 3.63) is 65.5 Å². The van der Waals surface area contributed by atoms with Gasteiger partial charge in [-0.1, -0.05) is 0 Å². The number of rotatable bonds is 6. The lowest BCUT2D eigenvalue weighted by Crippen LogP contribution is -2.44. The number of nitrogens with zero attached hydrogens (tertiary/aromatic N) is 1. The summed E-state index contributed by atoms with van der Waals surface area (Å²) in [5, 5.41) is 2.42. The molecule has 1 unspecified atom stereocenters. The molecule has 0 aromatic heterocycles. The maximum absolute atomic E-state index is 13.2. The Balaban J connectivity index is 1.51. The van der Waals surface area contributed by atoms with Crippen LogP contribution in [-0.2, 0) is 4.79 Å². The van der Waals surface area contributed by atoms with Crippen molar-refractivity contribution >= 4 is 11.8 Å². The highest BCUT2D eigenvalue weighted by molar-refractivity contribution is 5.96. The van der Waals surface area contributed by atoms with Crippen LogP contribution in [0, 0.1) is 17.5 Å². The van der Waals surface area contributed by atoms with Crippen molar-refractivity contribution in [2.24, 2.45) is 0 Å². The van der Waals surface area contributed by atoms with Gasteiger partial charge in [-0.15, -0.1) is 0 Å². The number of carbonyl (C=O) groups excluding carboxylic acids is 2. The van der Waals surface area contributed by atoms with Crippen molar-refractivity contribution in [1.82, 2.24) is 10.2 Å². The molecule has 3 rings (SSSR count). The first-order valence-corrected chi connectivity index (χ1v) is 8.85. The number of nitrogens with one attached hydrogen (secondary N) is 1. The van der Waals surface area contributed by atoms with Crippen LogP contribution < -0.4 is 10.1 Å². The van der Waals surface area contributed by atoms with E-state index in [1.165, 1.54) is 24.3 Å². The molecule has 0 saturated carbocycles. The Morgan fingerprint density at radius 3 is 2.54 bits per heavy atom. The Morgan fingerprint density at radius 1 is 1.07 bits per heavy atom. The fourth-order valence-electron chi connectivity index (χ4n) is 3.06. The third-order valence-electron chi connectivity index (χ3n) is 4.54. The van der Waals surface area contributed by atoms with Gasteiger partial charge in [-0.25, -0.2) is 13.2 Å². The molecule has 2 aromatic carbocycles. The lowest BCUT2D eigenvalue weighted by Gasteiger charge is -2.25. The highest BCUT2D eigenvalue weighted by Crippen LogP contribution is 2.19. The van der Waals surface area contributed by atoms with Crippen LogP contribution in [0.4, 0.5) is 13.2 Å². The Morgan fingerprint density at radius 2 is 1.82 bits per heavy atom. The van der Waals surface area contributed by atoms with Gasteiger partial charge in [0.1, 0.15) is 18.2 Å². The van der Waals surface area contributed by atoms with Crippen molar-refractivity contribution < 1.29 is 27.5 Å². The molecule has 2 amide bonds. The predicted molar refractivity (Wildman–Crippen MR) is 95.3 cm³/mol. The second kappa shape index (κ2) is 8.77. The average Bonchev–Trinajstić information content (AvgIpc) is 3.16. The van der Waals surface area contributed by atoms with Crippen molar-refractivity contribution in [3.8, 4) is 5.75 Å². The van der Waals surface area contributed by atoms with Crippen molar-refractivity contribution in [2.45, 2.75) is 18.9 Å². The van der Waals surface area contributed by atoms with Crippen LogP contribution in [0.1, 0.15) is 23.2 Å². The van der Waals surface area contributed by atoms with Crippen LogP contribution in [0.3, 0.4) is 0 Å². The molecule has 2 aromatic rings. The van der Waals surface area contributed by atoms with Crippen LogP contribution in [-0.4, -0.2) is 42.5 Å². The normalized spacial score (nSPS) is 16.1. The Kier molecular flexibility index (Phi) is 6.18. The molecule has 8 heteroatoms. The van der Waals surface area contributed by atoms with E-state index in [2.05, 4.69) is 5.32 Å². The molecule has 148 valence electrons. The minimum absolute atomic E-state index is 0.0654. The van der Waals surface area contributed by atoms with Gasteiger partial charge >= 0.3 is 0 Å². The summed E-state index contributed by atoms with van der Waals surface area (Å²) in [5.74, 6) is -2.98. The number of benzene rings is 2. The highest BCUT2D eigenvalue weighted by atomic mass is 19.2. The summed E-state index contributed by atoms with van der Waals surface area (Å²) in [6.45, 7) is 0.538. The Hall–Kier alpha value is -3.03. The van der Waals surface area contributed by atoms with E-state index >= 15 is 0 Å². The monoisotopic (exact) mass is 392 g/mol. The second-order valence-electron chi connectivity index (χ2n) is 6.46. The Labute approximate surface area is 160 Å². The summed E-state index contributed by atoms with van der Waals surface area (Å²) < 4.78 is 44.7. The number of hydrogen-bond acceptors (Lipinski definition) is 3. The van der Waals surface area contributed by atoms with E-state index < -0.39 is 17.5 Å². The van der Waals surface area contributed by atoms with E-state index in [0.29, 0.717) is 12.3 Å². The van der Waals surface area contributed by atoms with Crippen LogP contribution in [0.5, 0.6) is 5.75 Å². The molecule has 1 heterocycles. The van der Waals surface area contributed by atoms with Gasteiger partial charge in [0.05, 0.1) is 12.6 Å². The van der Waals surface area contributed by atoms with E-state index in [1.54, 1.807) is 4.90 Å². The molecule has 0 bridgehead atoms. The smallest absolute Gasteiger partial charge is 0.251 e. The van der Waals surface area contributed by atoms with Crippen LogP contribution in [0.15, 0.2) is 42.5 Å². The molecule has 1 saturated heterocycles. The van der Waals surface area contributed by atoms with Crippen LogP contribution in [0.2, 0.25) is 0 Å². The van der Waals surface area contributed by atoms with Gasteiger partial charge < -0.3 is 15.0 Å². The largest absolute Gasteiger partial charge is 0.491 e. The topological polar surface area (TPSA) is 58.6 Å². The first-order valence-electron chi connectivity index (χ1n) is 8.85. The quantitative estimate of drug-likeness (QED) is 0.823. The number of hydrogen-bond donors (Lipinski definition) is 1. The fourth-order valence-corrected chi connectivity index (χ4v) is 3.06. The summed E-state index contributed by atoms with van der Waals surface area (Å²) in [6.07, 6.45) is 1.56. The first kappa shape index (κ1) is 19.7. The molecule has 1 fully saturated rings. The number of likely N-dealkylation sites (tertiary alicyclic amines) is 1. The SMILES string of the molecule is O=C(NCC(=O)N1CCCC1COc1ccc(F)cc1)c1ccc(F)c(F)c1. The summed E-state index contributed by atoms with van der Waals surface area (Å²) in [5.41, 5.74) is -0.0654. The molecule has 5 nitrogen and oxygen atoms in total. The molecule has 0 spiro atoms. The van der Waals surface area contributed by atoms with Crippen LogP contribution >= 0.6 is 0 Å². The van der Waals surface area contributed by atoms with Gasteiger partial charge in [0.25, 0.3) is 5.91 Å². The predicted octanol–water partition coefficient (Wildman–Crippen LogP) is 2.90. The van der Waals surface area contributed by atoms with Crippen molar-refractivity contribution in [1.29, 1.82) is 0 Å². The number of amides is 2. The third kappa shape index (κ3) is 4.82. The molecular formula is C20H19F3N2O3. The maximum Gasteiger partial charge on any atom is 0.251 e. The van der Waals surface area contributed by atoms with Gasteiger partial charge in [0.2, 0.25) is 5.91 Å². The first-order chi connectivity index (χ1) is 13.4. The highest BCUT2D eigenvalue weighted by Gasteiger charge is 2.29. The minimum Gasteiger partial charge on any atom is -0.491 e. The lowest BCUT2D eigenvalue weighted by atomic mass is 10.2. The number of carbonyl (C=O) groups is 2. The van der Waals surface area contributed by atoms with E-state index in [1.807, 2.05) is 0 Å². The minimum atomic E-state index is -1.13. The molecule has 28 heavy (non-hydrogen) atoms. The zero-order valence-corrected chi connectivity index (χ0v) is 15.0. The van der Waals surface area contributed by atoms with Gasteiger partial charge in [-0.3, -0.25) is 9.59 Å². The summed E-state index contributed by atoms with van der Waals surface area (Å²) in [6, 6.07) is 8.24. The molecule has 1 atom stereocenters. The lowest BCUT2D eigenvalue weighted by molar-refractivity contribution is -0.131. The standard InChI is InChI=1S/C20H19F3N2O3/c21-14-4-6-16(7-5-14)28-12-15-2-1-9-25(15)19(26)11-24-20(27)13-3-8-17(22)18(23)10-13/h3-8,10,15H,1-2,9,11-12H2,(H,24,27). The van der Waals surface area contributed by atoms with Gasteiger partial charge in [-0.2, -0.15) is 0 Å². The van der Waals surface area contributed by atoms with E-state index in [4.69, 9.17) is 4.74 Å². The van der Waals surface area contributed by atoms with Gasteiger partial charge in [0.15, 0.2) is 11.6 Å². The van der Waals surface area contributed by atoms with Crippen molar-refractivity contribution in [3.63, 3.8) is 0 Å².